The van der Waals surface area contributed by atoms with E-state index < -0.39 is 0 Å². The van der Waals surface area contributed by atoms with Crippen LogP contribution >= 0.6 is 11.8 Å². The van der Waals surface area contributed by atoms with Crippen LogP contribution in [0.5, 0.6) is 0 Å². The molecule has 2 aromatic carbocycles. The molecule has 126 valence electrons. The molecule has 0 spiro atoms. The molecular weight excluding hydrogens is 326 g/mol. The highest BCUT2D eigenvalue weighted by molar-refractivity contribution is 7.99. The van der Waals surface area contributed by atoms with Crippen LogP contribution in [-0.4, -0.2) is 20.4 Å². The van der Waals surface area contributed by atoms with Gasteiger partial charge in [-0.05, 0) is 56.0 Å². The van der Waals surface area contributed by atoms with Crippen molar-refractivity contribution in [2.75, 3.05) is 5.75 Å². The van der Waals surface area contributed by atoms with Gasteiger partial charge in [0.2, 0.25) is 0 Å². The fraction of sp³-hybridized carbons (Fsp3) is 0.238. The Hall–Kier alpha value is -2.33. The van der Waals surface area contributed by atoms with Crippen LogP contribution in [0, 0.1) is 20.8 Å². The SMILES string of the molecule is Cc1cc(C)c2c(c1)c(C)cc1nnc(SCCc3ccccc3)n12. The first-order valence-electron chi connectivity index (χ1n) is 8.56. The quantitative estimate of drug-likeness (QED) is 0.479. The topological polar surface area (TPSA) is 30.2 Å². The fourth-order valence-electron chi connectivity index (χ4n) is 3.41. The highest BCUT2D eigenvalue weighted by Crippen LogP contribution is 2.29. The third kappa shape index (κ3) is 3.02. The van der Waals surface area contributed by atoms with Gasteiger partial charge in [-0.3, -0.25) is 4.40 Å². The molecule has 4 heteroatoms. The van der Waals surface area contributed by atoms with Crippen molar-refractivity contribution in [1.82, 2.24) is 14.6 Å². The Morgan fingerprint density at radius 2 is 1.72 bits per heavy atom. The van der Waals surface area contributed by atoms with Crippen LogP contribution in [-0.2, 0) is 6.42 Å². The van der Waals surface area contributed by atoms with Crippen LogP contribution in [0.2, 0.25) is 0 Å². The number of thioether (sulfide) groups is 1. The molecule has 2 aromatic heterocycles. The van der Waals surface area contributed by atoms with Crippen LogP contribution in [0.25, 0.3) is 16.6 Å². The Bertz CT molecular complexity index is 1050. The van der Waals surface area contributed by atoms with E-state index in [-0.39, 0.29) is 0 Å². The maximum atomic E-state index is 4.46. The van der Waals surface area contributed by atoms with Gasteiger partial charge >= 0.3 is 0 Å². The summed E-state index contributed by atoms with van der Waals surface area (Å²) in [6.07, 6.45) is 1.03. The molecule has 2 heterocycles. The molecule has 0 saturated carbocycles. The van der Waals surface area contributed by atoms with Gasteiger partial charge in [0, 0.05) is 11.1 Å². The van der Waals surface area contributed by atoms with Crippen molar-refractivity contribution in [3.63, 3.8) is 0 Å². The van der Waals surface area contributed by atoms with E-state index in [1.54, 1.807) is 11.8 Å². The van der Waals surface area contributed by atoms with Crippen molar-refractivity contribution in [3.05, 3.63) is 70.8 Å². The van der Waals surface area contributed by atoms with E-state index in [1.165, 1.54) is 33.2 Å². The van der Waals surface area contributed by atoms with E-state index in [4.69, 9.17) is 0 Å². The van der Waals surface area contributed by atoms with Gasteiger partial charge in [0.15, 0.2) is 10.8 Å². The van der Waals surface area contributed by atoms with Crippen molar-refractivity contribution in [3.8, 4) is 0 Å². The number of benzene rings is 2. The normalized spacial score (nSPS) is 11.5. The summed E-state index contributed by atoms with van der Waals surface area (Å²) in [5.41, 5.74) is 7.33. The molecule has 0 unspecified atom stereocenters. The summed E-state index contributed by atoms with van der Waals surface area (Å²) in [6, 6.07) is 17.2. The van der Waals surface area contributed by atoms with E-state index in [0.29, 0.717) is 0 Å². The number of aryl methyl sites for hydroxylation is 4. The first kappa shape index (κ1) is 16.2. The zero-order valence-corrected chi connectivity index (χ0v) is 15.6. The molecule has 0 saturated heterocycles. The van der Waals surface area contributed by atoms with Crippen LogP contribution in [0.15, 0.2) is 53.7 Å². The molecule has 0 aliphatic heterocycles. The van der Waals surface area contributed by atoms with E-state index >= 15 is 0 Å². The maximum absolute atomic E-state index is 4.46. The molecule has 0 aliphatic carbocycles. The van der Waals surface area contributed by atoms with Gasteiger partial charge in [0.05, 0.1) is 5.52 Å². The number of aromatic nitrogens is 3. The monoisotopic (exact) mass is 347 g/mol. The summed E-state index contributed by atoms with van der Waals surface area (Å²) >= 11 is 1.77. The molecule has 0 fully saturated rings. The van der Waals surface area contributed by atoms with E-state index in [1.807, 2.05) is 0 Å². The lowest BCUT2D eigenvalue weighted by molar-refractivity contribution is 0.936. The molecule has 4 rings (SSSR count). The maximum Gasteiger partial charge on any atom is 0.196 e. The Kier molecular flexibility index (Phi) is 4.22. The Labute approximate surface area is 152 Å². The summed E-state index contributed by atoms with van der Waals surface area (Å²) in [6.45, 7) is 6.47. The standard InChI is InChI=1S/C21H21N3S/c1-14-11-16(3)20-18(12-14)15(2)13-19-22-23-21(24(19)20)25-10-9-17-7-5-4-6-8-17/h4-8,11-13H,9-10H2,1-3H3. The summed E-state index contributed by atoms with van der Waals surface area (Å²) in [7, 11) is 0. The molecule has 0 aliphatic rings. The van der Waals surface area contributed by atoms with E-state index in [9.17, 15) is 0 Å². The second-order valence-electron chi connectivity index (χ2n) is 6.57. The minimum Gasteiger partial charge on any atom is -0.270 e. The average molecular weight is 347 g/mol. The Balaban J connectivity index is 1.74. The zero-order valence-electron chi connectivity index (χ0n) is 14.8. The van der Waals surface area contributed by atoms with Crippen LogP contribution in [0.3, 0.4) is 0 Å². The van der Waals surface area contributed by atoms with Crippen molar-refractivity contribution in [1.29, 1.82) is 0 Å². The summed E-state index contributed by atoms with van der Waals surface area (Å²) in [5, 5.41) is 11.1. The van der Waals surface area contributed by atoms with Gasteiger partial charge in [0.1, 0.15) is 0 Å². The first-order valence-corrected chi connectivity index (χ1v) is 9.54. The summed E-state index contributed by atoms with van der Waals surface area (Å²) < 4.78 is 2.22. The molecule has 0 atom stereocenters. The van der Waals surface area contributed by atoms with Crippen molar-refractivity contribution < 1.29 is 0 Å². The smallest absolute Gasteiger partial charge is 0.196 e. The minimum atomic E-state index is 0.930. The molecular formula is C21H21N3S. The molecule has 0 amide bonds. The molecule has 3 nitrogen and oxygen atoms in total. The number of pyridine rings is 1. The number of nitrogens with zero attached hydrogens (tertiary/aromatic N) is 3. The lowest BCUT2D eigenvalue weighted by atomic mass is 10.0. The zero-order chi connectivity index (χ0) is 17.4. The number of rotatable bonds is 4. The number of hydrogen-bond acceptors (Lipinski definition) is 3. The van der Waals surface area contributed by atoms with Gasteiger partial charge < -0.3 is 0 Å². The van der Waals surface area contributed by atoms with Gasteiger partial charge in [-0.2, -0.15) is 0 Å². The van der Waals surface area contributed by atoms with Crippen molar-refractivity contribution in [2.24, 2.45) is 0 Å². The summed E-state index contributed by atoms with van der Waals surface area (Å²) in [4.78, 5) is 0. The largest absolute Gasteiger partial charge is 0.270 e. The van der Waals surface area contributed by atoms with Crippen LogP contribution in [0.1, 0.15) is 22.3 Å². The predicted molar refractivity (Wildman–Crippen MR) is 106 cm³/mol. The highest BCUT2D eigenvalue weighted by atomic mass is 32.2. The second-order valence-corrected chi connectivity index (χ2v) is 7.63. The van der Waals surface area contributed by atoms with Crippen molar-refractivity contribution in [2.45, 2.75) is 32.3 Å². The third-order valence-corrected chi connectivity index (χ3v) is 5.49. The highest BCUT2D eigenvalue weighted by Gasteiger charge is 2.13. The predicted octanol–water partition coefficient (Wildman–Crippen LogP) is 5.14. The molecule has 25 heavy (non-hydrogen) atoms. The van der Waals surface area contributed by atoms with Gasteiger partial charge in [-0.25, -0.2) is 0 Å². The van der Waals surface area contributed by atoms with E-state index in [0.717, 1.165) is 23.0 Å². The number of fused-ring (bicyclic) bond motifs is 3. The van der Waals surface area contributed by atoms with E-state index in [2.05, 4.69) is 83.9 Å². The lowest BCUT2D eigenvalue weighted by Crippen LogP contribution is -1.97. The van der Waals surface area contributed by atoms with Crippen LogP contribution in [0.4, 0.5) is 0 Å². The summed E-state index contributed by atoms with van der Waals surface area (Å²) in [5.74, 6) is 0.991. The first-order chi connectivity index (χ1) is 12.1. The van der Waals surface area contributed by atoms with Gasteiger partial charge in [-0.1, -0.05) is 53.7 Å². The molecule has 4 aromatic rings. The molecule has 0 N–H and O–H groups in total. The third-order valence-electron chi connectivity index (χ3n) is 4.56. The lowest BCUT2D eigenvalue weighted by Gasteiger charge is -2.11. The molecule has 0 bridgehead atoms. The Morgan fingerprint density at radius 3 is 2.52 bits per heavy atom. The minimum absolute atomic E-state index is 0.930. The fourth-order valence-corrected chi connectivity index (χ4v) is 4.34. The van der Waals surface area contributed by atoms with Gasteiger partial charge in [-0.15, -0.1) is 10.2 Å². The average Bonchev–Trinajstić information content (AvgIpc) is 2.98. The van der Waals surface area contributed by atoms with Crippen molar-refractivity contribution >= 4 is 28.3 Å². The van der Waals surface area contributed by atoms with Crippen LogP contribution < -0.4 is 0 Å². The number of hydrogen-bond donors (Lipinski definition) is 0. The molecule has 0 radical (unpaired) electrons. The second kappa shape index (κ2) is 6.52. The Morgan fingerprint density at radius 1 is 0.920 bits per heavy atom. The van der Waals surface area contributed by atoms with Gasteiger partial charge in [0.25, 0.3) is 0 Å².